The Morgan fingerprint density at radius 2 is 2.33 bits per heavy atom. The first-order valence-electron chi connectivity index (χ1n) is 3.18. The van der Waals surface area contributed by atoms with Crippen LogP contribution in [0.5, 0.6) is 5.88 Å². The van der Waals surface area contributed by atoms with Crippen LogP contribution < -0.4 is 11.4 Å². The van der Waals surface area contributed by atoms with Gasteiger partial charge in [-0.3, -0.25) is 4.79 Å². The molecular formula is C7H7N3O2. The van der Waals surface area contributed by atoms with Crippen molar-refractivity contribution in [2.45, 2.75) is 6.92 Å². The lowest BCUT2D eigenvalue weighted by Crippen LogP contribution is -2.29. The smallest absolute Gasteiger partial charge is 0.289 e. The summed E-state index contributed by atoms with van der Waals surface area (Å²) in [5, 5.41) is 17.5. The zero-order valence-electron chi connectivity index (χ0n) is 6.40. The van der Waals surface area contributed by atoms with Gasteiger partial charge in [-0.15, -0.1) is 0 Å². The maximum Gasteiger partial charge on any atom is 0.289 e. The predicted molar refractivity (Wildman–Crippen MR) is 42.0 cm³/mol. The van der Waals surface area contributed by atoms with E-state index in [1.54, 1.807) is 13.0 Å². The fourth-order valence-corrected chi connectivity index (χ4v) is 0.865. The summed E-state index contributed by atoms with van der Waals surface area (Å²) in [4.78, 5) is 11.1. The Morgan fingerprint density at radius 3 is 2.83 bits per heavy atom. The number of aryl methyl sites for hydroxylation is 1. The summed E-state index contributed by atoms with van der Waals surface area (Å²) in [6, 6.07) is 2.97. The van der Waals surface area contributed by atoms with Gasteiger partial charge in [0.05, 0.1) is 0 Å². The second-order valence-electron chi connectivity index (χ2n) is 2.35. The van der Waals surface area contributed by atoms with Gasteiger partial charge in [0.2, 0.25) is 5.88 Å². The highest BCUT2D eigenvalue weighted by atomic mass is 16.3. The van der Waals surface area contributed by atoms with Crippen molar-refractivity contribution in [1.82, 2.24) is 4.68 Å². The summed E-state index contributed by atoms with van der Waals surface area (Å²) in [6.07, 6.45) is 0. The minimum absolute atomic E-state index is 0.0460. The van der Waals surface area contributed by atoms with Crippen LogP contribution in [0.4, 0.5) is 0 Å². The van der Waals surface area contributed by atoms with Gasteiger partial charge in [0, 0.05) is 6.07 Å². The molecule has 0 radical (unpaired) electrons. The molecule has 1 aromatic rings. The Balaban J connectivity index is 3.66. The number of nitrogen functional groups attached to an aromatic ring is 1. The van der Waals surface area contributed by atoms with Crippen molar-refractivity contribution in [1.29, 1.82) is 5.26 Å². The van der Waals surface area contributed by atoms with Crippen LogP contribution in [0.25, 0.3) is 0 Å². The number of hydrogen-bond donors (Lipinski definition) is 2. The van der Waals surface area contributed by atoms with E-state index in [1.165, 1.54) is 6.07 Å². The van der Waals surface area contributed by atoms with Crippen molar-refractivity contribution in [3.8, 4) is 11.9 Å². The molecule has 0 aliphatic rings. The monoisotopic (exact) mass is 165 g/mol. The molecule has 62 valence electrons. The summed E-state index contributed by atoms with van der Waals surface area (Å²) >= 11 is 0. The fourth-order valence-electron chi connectivity index (χ4n) is 0.865. The van der Waals surface area contributed by atoms with E-state index in [1.807, 2.05) is 0 Å². The van der Waals surface area contributed by atoms with Gasteiger partial charge in [-0.25, -0.2) is 0 Å². The molecule has 12 heavy (non-hydrogen) atoms. The van der Waals surface area contributed by atoms with Crippen LogP contribution in [0.1, 0.15) is 11.1 Å². The van der Waals surface area contributed by atoms with E-state index in [-0.39, 0.29) is 11.4 Å². The van der Waals surface area contributed by atoms with Crippen LogP contribution in [0.15, 0.2) is 10.9 Å². The summed E-state index contributed by atoms with van der Waals surface area (Å²) < 4.78 is 0.533. The van der Waals surface area contributed by atoms with E-state index in [0.717, 1.165) is 0 Å². The highest BCUT2D eigenvalue weighted by molar-refractivity contribution is 5.37. The standard InChI is InChI=1S/C7H7N3O2/c1-4-2-6(11)10(9)7(12)5(4)3-8/h2,11H,9H2,1H3. The minimum atomic E-state index is -0.685. The van der Waals surface area contributed by atoms with E-state index < -0.39 is 5.56 Å². The highest BCUT2D eigenvalue weighted by Crippen LogP contribution is 2.08. The second-order valence-corrected chi connectivity index (χ2v) is 2.35. The first-order valence-corrected chi connectivity index (χ1v) is 3.18. The lowest BCUT2D eigenvalue weighted by molar-refractivity contribution is 0.429. The normalized spacial score (nSPS) is 9.33. The maximum atomic E-state index is 11.1. The molecule has 0 aliphatic heterocycles. The zero-order valence-corrected chi connectivity index (χ0v) is 6.40. The quantitative estimate of drug-likeness (QED) is 0.504. The summed E-state index contributed by atoms with van der Waals surface area (Å²) in [5.74, 6) is 4.78. The van der Waals surface area contributed by atoms with E-state index >= 15 is 0 Å². The molecule has 0 spiro atoms. The number of aromatic nitrogens is 1. The molecule has 5 heteroatoms. The number of nitriles is 1. The molecule has 0 saturated carbocycles. The van der Waals surface area contributed by atoms with Gasteiger partial charge in [0.25, 0.3) is 5.56 Å². The molecular weight excluding hydrogens is 158 g/mol. The van der Waals surface area contributed by atoms with Gasteiger partial charge in [0.1, 0.15) is 11.6 Å². The highest BCUT2D eigenvalue weighted by Gasteiger charge is 2.08. The van der Waals surface area contributed by atoms with Gasteiger partial charge in [-0.2, -0.15) is 9.94 Å². The second kappa shape index (κ2) is 2.58. The van der Waals surface area contributed by atoms with Gasteiger partial charge < -0.3 is 10.9 Å². The molecule has 0 unspecified atom stereocenters. The predicted octanol–water partition coefficient (Wildman–Crippen LogP) is -0.552. The Labute approximate surface area is 68.2 Å². The molecule has 0 fully saturated rings. The molecule has 0 amide bonds. The molecule has 3 N–H and O–H groups in total. The first-order chi connectivity index (χ1) is 5.57. The molecule has 0 saturated heterocycles. The SMILES string of the molecule is Cc1cc(O)n(N)c(=O)c1C#N. The first kappa shape index (κ1) is 8.14. The Kier molecular flexibility index (Phi) is 1.75. The van der Waals surface area contributed by atoms with Crippen LogP contribution in [0.2, 0.25) is 0 Å². The van der Waals surface area contributed by atoms with Crippen LogP contribution in [-0.4, -0.2) is 9.78 Å². The van der Waals surface area contributed by atoms with E-state index in [4.69, 9.17) is 16.2 Å². The zero-order chi connectivity index (χ0) is 9.30. The molecule has 0 bridgehead atoms. The third kappa shape index (κ3) is 0.992. The number of nitrogens with zero attached hydrogens (tertiary/aromatic N) is 2. The average molecular weight is 165 g/mol. The van der Waals surface area contributed by atoms with Gasteiger partial charge in [-0.1, -0.05) is 0 Å². The molecule has 0 aliphatic carbocycles. The van der Waals surface area contributed by atoms with Crippen LogP contribution in [-0.2, 0) is 0 Å². The molecule has 5 nitrogen and oxygen atoms in total. The number of nitrogens with two attached hydrogens (primary N) is 1. The van der Waals surface area contributed by atoms with Crippen molar-refractivity contribution in [3.05, 3.63) is 27.5 Å². The van der Waals surface area contributed by atoms with E-state index in [9.17, 15) is 4.79 Å². The number of pyridine rings is 1. The van der Waals surface area contributed by atoms with Crippen LogP contribution in [0.3, 0.4) is 0 Å². The molecule has 0 aromatic carbocycles. The third-order valence-corrected chi connectivity index (χ3v) is 1.53. The lowest BCUT2D eigenvalue weighted by atomic mass is 10.2. The Morgan fingerprint density at radius 1 is 1.75 bits per heavy atom. The van der Waals surface area contributed by atoms with E-state index in [0.29, 0.717) is 10.2 Å². The van der Waals surface area contributed by atoms with Crippen LogP contribution in [0, 0.1) is 18.3 Å². The summed E-state index contributed by atoms with van der Waals surface area (Å²) in [5.41, 5.74) is -0.313. The topological polar surface area (TPSA) is 92.0 Å². The molecule has 0 atom stereocenters. The Hall–Kier alpha value is -1.96. The van der Waals surface area contributed by atoms with Crippen molar-refractivity contribution in [2.75, 3.05) is 5.84 Å². The molecule has 1 heterocycles. The van der Waals surface area contributed by atoms with Crippen molar-refractivity contribution < 1.29 is 5.11 Å². The van der Waals surface area contributed by atoms with Gasteiger partial charge >= 0.3 is 0 Å². The largest absolute Gasteiger partial charge is 0.493 e. The molecule has 1 aromatic heterocycles. The van der Waals surface area contributed by atoms with Gasteiger partial charge in [0.15, 0.2) is 0 Å². The molecule has 1 rings (SSSR count). The third-order valence-electron chi connectivity index (χ3n) is 1.53. The Bertz CT molecular complexity index is 414. The summed E-state index contributed by atoms with van der Waals surface area (Å²) in [7, 11) is 0. The van der Waals surface area contributed by atoms with Gasteiger partial charge in [-0.05, 0) is 12.5 Å². The summed E-state index contributed by atoms with van der Waals surface area (Å²) in [6.45, 7) is 1.56. The number of rotatable bonds is 0. The van der Waals surface area contributed by atoms with E-state index in [2.05, 4.69) is 0 Å². The average Bonchev–Trinajstić information content (AvgIpc) is 2.01. The number of aromatic hydroxyl groups is 1. The van der Waals surface area contributed by atoms with Crippen LogP contribution >= 0.6 is 0 Å². The number of hydrogen-bond acceptors (Lipinski definition) is 4. The van der Waals surface area contributed by atoms with Crippen molar-refractivity contribution in [3.63, 3.8) is 0 Å². The maximum absolute atomic E-state index is 11.1. The van der Waals surface area contributed by atoms with Crippen molar-refractivity contribution >= 4 is 0 Å². The fraction of sp³-hybridized carbons (Fsp3) is 0.143. The van der Waals surface area contributed by atoms with Crippen molar-refractivity contribution in [2.24, 2.45) is 0 Å². The minimum Gasteiger partial charge on any atom is -0.493 e. The lowest BCUT2D eigenvalue weighted by Gasteiger charge is -2.02.